The maximum absolute atomic E-state index is 12.0. The van der Waals surface area contributed by atoms with Crippen molar-refractivity contribution in [2.24, 2.45) is 0 Å². The second kappa shape index (κ2) is 9.47. The van der Waals surface area contributed by atoms with Crippen molar-refractivity contribution in [1.82, 2.24) is 5.32 Å². The van der Waals surface area contributed by atoms with Crippen molar-refractivity contribution < 1.29 is 17.9 Å². The van der Waals surface area contributed by atoms with Gasteiger partial charge < -0.3 is 15.4 Å². The van der Waals surface area contributed by atoms with Gasteiger partial charge in [0.15, 0.2) is 0 Å². The van der Waals surface area contributed by atoms with Crippen LogP contribution in [-0.2, 0) is 10.0 Å². The van der Waals surface area contributed by atoms with Crippen molar-refractivity contribution in [3.63, 3.8) is 0 Å². The van der Waals surface area contributed by atoms with E-state index in [2.05, 4.69) is 21.4 Å². The van der Waals surface area contributed by atoms with E-state index in [4.69, 9.17) is 4.74 Å². The van der Waals surface area contributed by atoms with Crippen molar-refractivity contribution in [3.8, 4) is 5.75 Å². The average Bonchev–Trinajstić information content (AvgIpc) is 2.63. The predicted molar refractivity (Wildman–Crippen MR) is 104 cm³/mol. The number of hydrogen-bond donors (Lipinski definition) is 3. The second-order valence-corrected chi connectivity index (χ2v) is 8.17. The van der Waals surface area contributed by atoms with Crippen LogP contribution in [0.4, 0.5) is 16.2 Å². The molecule has 26 heavy (non-hydrogen) atoms. The molecule has 0 radical (unpaired) electrons. The molecule has 8 heteroatoms. The first-order valence-electron chi connectivity index (χ1n) is 8.85. The molecule has 0 aromatic heterocycles. The molecular weight excluding hydrogens is 354 g/mol. The Morgan fingerprint density at radius 2 is 2.08 bits per heavy atom. The molecule has 2 rings (SSSR count). The zero-order valence-corrected chi connectivity index (χ0v) is 16.1. The normalized spacial score (nSPS) is 14.3. The van der Waals surface area contributed by atoms with Crippen LogP contribution in [0.15, 0.2) is 29.8 Å². The van der Waals surface area contributed by atoms with Gasteiger partial charge in [0.05, 0.1) is 18.6 Å². The lowest BCUT2D eigenvalue weighted by atomic mass is 9.97. The quantitative estimate of drug-likeness (QED) is 0.601. The first-order valence-corrected chi connectivity index (χ1v) is 10.5. The molecule has 3 N–H and O–H groups in total. The van der Waals surface area contributed by atoms with Gasteiger partial charge in [-0.15, -0.1) is 0 Å². The van der Waals surface area contributed by atoms with Gasteiger partial charge >= 0.3 is 6.03 Å². The molecule has 0 fully saturated rings. The Balaban J connectivity index is 1.90. The maximum Gasteiger partial charge on any atom is 0.319 e. The number of carbonyl (C=O) groups excluding carboxylic acids is 1. The van der Waals surface area contributed by atoms with E-state index in [0.29, 0.717) is 23.7 Å². The fraction of sp³-hybridized carbons (Fsp3) is 0.500. The number of sulfonamides is 1. The molecule has 1 aromatic carbocycles. The van der Waals surface area contributed by atoms with Crippen LogP contribution in [-0.4, -0.2) is 33.9 Å². The molecule has 0 aliphatic heterocycles. The van der Waals surface area contributed by atoms with Crippen molar-refractivity contribution in [2.45, 2.75) is 39.0 Å². The Labute approximate surface area is 155 Å². The third kappa shape index (κ3) is 6.25. The number of benzene rings is 1. The molecule has 2 amide bonds. The van der Waals surface area contributed by atoms with Gasteiger partial charge in [-0.1, -0.05) is 11.6 Å². The number of anilines is 2. The molecule has 0 heterocycles. The summed E-state index contributed by atoms with van der Waals surface area (Å²) in [4.78, 5) is 12.0. The summed E-state index contributed by atoms with van der Waals surface area (Å²) < 4.78 is 31.1. The largest absolute Gasteiger partial charge is 0.494 e. The summed E-state index contributed by atoms with van der Waals surface area (Å²) in [5.74, 6) is 0.307. The highest BCUT2D eigenvalue weighted by Crippen LogP contribution is 2.28. The summed E-state index contributed by atoms with van der Waals surface area (Å²) in [6.45, 7) is 2.14. The average molecular weight is 381 g/mol. The number of hydrogen-bond acceptors (Lipinski definition) is 4. The Morgan fingerprint density at radius 3 is 2.73 bits per heavy atom. The Bertz CT molecular complexity index is 760. The third-order valence-corrected chi connectivity index (χ3v) is 5.51. The fourth-order valence-electron chi connectivity index (χ4n) is 2.74. The molecule has 0 saturated carbocycles. The Hall–Kier alpha value is -2.22. The summed E-state index contributed by atoms with van der Waals surface area (Å²) in [6.07, 6.45) is 7.87. The van der Waals surface area contributed by atoms with Crippen LogP contribution >= 0.6 is 0 Å². The standard InChI is InChI=1S/C18H27N3O4S/c1-3-26(23,24)21-16-10-9-15(13-17(16)25-2)20-18(22)19-12-11-14-7-5-4-6-8-14/h7,9-10,13,21H,3-6,8,11-12H2,1-2H3,(H2,19,20,22). The first-order chi connectivity index (χ1) is 12.4. The minimum absolute atomic E-state index is 0.0327. The van der Waals surface area contributed by atoms with E-state index in [9.17, 15) is 13.2 Å². The van der Waals surface area contributed by atoms with E-state index in [0.717, 1.165) is 19.3 Å². The summed E-state index contributed by atoms with van der Waals surface area (Å²) in [6, 6.07) is 4.47. The topological polar surface area (TPSA) is 96.5 Å². The number of carbonyl (C=O) groups is 1. The van der Waals surface area contributed by atoms with Gasteiger partial charge in [0.2, 0.25) is 10.0 Å². The van der Waals surface area contributed by atoms with Crippen LogP contribution in [0, 0.1) is 0 Å². The zero-order valence-electron chi connectivity index (χ0n) is 15.3. The van der Waals surface area contributed by atoms with E-state index in [-0.39, 0.29) is 11.8 Å². The molecule has 0 unspecified atom stereocenters. The first kappa shape index (κ1) is 20.1. The van der Waals surface area contributed by atoms with Crippen LogP contribution < -0.4 is 20.1 Å². The minimum atomic E-state index is -3.40. The van der Waals surface area contributed by atoms with E-state index < -0.39 is 10.0 Å². The molecule has 0 bridgehead atoms. The van der Waals surface area contributed by atoms with Gasteiger partial charge in [0.25, 0.3) is 0 Å². The number of allylic oxidation sites excluding steroid dienone is 1. The molecule has 1 aliphatic rings. The SMILES string of the molecule is CCS(=O)(=O)Nc1ccc(NC(=O)NCCC2=CCCCC2)cc1OC. The van der Waals surface area contributed by atoms with Crippen LogP contribution in [0.2, 0.25) is 0 Å². The van der Waals surface area contributed by atoms with Gasteiger partial charge in [-0.05, 0) is 51.2 Å². The summed E-state index contributed by atoms with van der Waals surface area (Å²) in [5, 5.41) is 5.57. The predicted octanol–water partition coefficient (Wildman–Crippen LogP) is 3.47. The fourth-order valence-corrected chi connectivity index (χ4v) is 3.38. The molecule has 1 aliphatic carbocycles. The summed E-state index contributed by atoms with van der Waals surface area (Å²) in [5.41, 5.74) is 2.27. The number of nitrogens with one attached hydrogen (secondary N) is 3. The molecule has 0 atom stereocenters. The highest BCUT2D eigenvalue weighted by molar-refractivity contribution is 7.92. The number of rotatable bonds is 8. The van der Waals surface area contributed by atoms with Crippen molar-refractivity contribution in [3.05, 3.63) is 29.8 Å². The van der Waals surface area contributed by atoms with Crippen LogP contribution in [0.5, 0.6) is 5.75 Å². The lowest BCUT2D eigenvalue weighted by molar-refractivity contribution is 0.252. The van der Waals surface area contributed by atoms with Gasteiger partial charge in [0, 0.05) is 18.3 Å². The maximum atomic E-state index is 12.0. The number of amides is 2. The highest BCUT2D eigenvalue weighted by Gasteiger charge is 2.12. The third-order valence-electron chi connectivity index (χ3n) is 4.22. The Kier molecular flexibility index (Phi) is 7.32. The van der Waals surface area contributed by atoms with E-state index in [1.807, 2.05) is 0 Å². The molecule has 0 saturated heterocycles. The Morgan fingerprint density at radius 1 is 1.27 bits per heavy atom. The van der Waals surface area contributed by atoms with Crippen molar-refractivity contribution >= 4 is 27.4 Å². The van der Waals surface area contributed by atoms with E-state index in [1.165, 1.54) is 25.5 Å². The monoisotopic (exact) mass is 381 g/mol. The molecule has 1 aromatic rings. The smallest absolute Gasteiger partial charge is 0.319 e. The lowest BCUT2D eigenvalue weighted by Crippen LogP contribution is -2.29. The van der Waals surface area contributed by atoms with Crippen LogP contribution in [0.25, 0.3) is 0 Å². The molecule has 7 nitrogen and oxygen atoms in total. The van der Waals surface area contributed by atoms with E-state index >= 15 is 0 Å². The van der Waals surface area contributed by atoms with Crippen LogP contribution in [0.3, 0.4) is 0 Å². The second-order valence-electron chi connectivity index (χ2n) is 6.16. The van der Waals surface area contributed by atoms with Crippen molar-refractivity contribution in [2.75, 3.05) is 29.4 Å². The highest BCUT2D eigenvalue weighted by atomic mass is 32.2. The molecule has 0 spiro atoms. The van der Waals surface area contributed by atoms with Crippen molar-refractivity contribution in [1.29, 1.82) is 0 Å². The minimum Gasteiger partial charge on any atom is -0.494 e. The number of urea groups is 1. The van der Waals surface area contributed by atoms with Crippen LogP contribution in [0.1, 0.15) is 39.0 Å². The van der Waals surface area contributed by atoms with Gasteiger partial charge in [-0.3, -0.25) is 4.72 Å². The summed E-state index contributed by atoms with van der Waals surface area (Å²) >= 11 is 0. The summed E-state index contributed by atoms with van der Waals surface area (Å²) in [7, 11) is -1.95. The lowest BCUT2D eigenvalue weighted by Gasteiger charge is -2.14. The van der Waals surface area contributed by atoms with Gasteiger partial charge in [0.1, 0.15) is 5.75 Å². The van der Waals surface area contributed by atoms with E-state index in [1.54, 1.807) is 25.1 Å². The number of methoxy groups -OCH3 is 1. The van der Waals surface area contributed by atoms with Gasteiger partial charge in [-0.25, -0.2) is 13.2 Å². The zero-order chi connectivity index (χ0) is 19.0. The van der Waals surface area contributed by atoms with Gasteiger partial charge in [-0.2, -0.15) is 0 Å². The number of ether oxygens (including phenoxy) is 1. The molecular formula is C18H27N3O4S. The molecule has 144 valence electrons.